The fraction of sp³-hybridized carbons (Fsp3) is 0.455. The molecule has 16 heavy (non-hydrogen) atoms. The van der Waals surface area contributed by atoms with E-state index in [1.807, 2.05) is 6.07 Å². The first-order valence-electron chi connectivity index (χ1n) is 5.11. The summed E-state index contributed by atoms with van der Waals surface area (Å²) < 4.78 is 0.860. The minimum Gasteiger partial charge on any atom is -0.397 e. The number of hydrogen-bond donors (Lipinski definition) is 1. The van der Waals surface area contributed by atoms with Crippen LogP contribution in [0.15, 0.2) is 16.7 Å². The van der Waals surface area contributed by atoms with E-state index >= 15 is 0 Å². The van der Waals surface area contributed by atoms with Gasteiger partial charge < -0.3 is 10.6 Å². The summed E-state index contributed by atoms with van der Waals surface area (Å²) in [5, 5.41) is 8.63. The average Bonchev–Trinajstić information content (AvgIpc) is 2.20. The Balaban J connectivity index is 2.97. The Morgan fingerprint density at radius 3 is 2.81 bits per heavy atom. The molecule has 0 fully saturated rings. The molecule has 0 bridgehead atoms. The summed E-state index contributed by atoms with van der Waals surface area (Å²) in [4.78, 5) is 6.37. The molecule has 0 aliphatic rings. The van der Waals surface area contributed by atoms with Crippen LogP contribution in [-0.4, -0.2) is 17.6 Å². The van der Waals surface area contributed by atoms with Gasteiger partial charge >= 0.3 is 0 Å². The molecule has 0 aliphatic heterocycles. The lowest BCUT2D eigenvalue weighted by Gasteiger charge is -2.27. The van der Waals surface area contributed by atoms with Crippen LogP contribution in [0.5, 0.6) is 0 Å². The third-order valence-corrected chi connectivity index (χ3v) is 2.79. The van der Waals surface area contributed by atoms with Crippen molar-refractivity contribution in [2.24, 2.45) is 0 Å². The van der Waals surface area contributed by atoms with Crippen molar-refractivity contribution in [3.8, 4) is 6.07 Å². The summed E-state index contributed by atoms with van der Waals surface area (Å²) in [6.45, 7) is 4.81. The van der Waals surface area contributed by atoms with Gasteiger partial charge in [-0.3, -0.25) is 0 Å². The maximum atomic E-state index is 8.63. The topological polar surface area (TPSA) is 65.9 Å². The van der Waals surface area contributed by atoms with Crippen molar-refractivity contribution in [3.05, 3.63) is 16.7 Å². The highest BCUT2D eigenvalue weighted by Gasteiger charge is 2.14. The zero-order valence-corrected chi connectivity index (χ0v) is 11.0. The van der Waals surface area contributed by atoms with Crippen LogP contribution in [0.4, 0.5) is 11.5 Å². The molecule has 1 heterocycles. The minimum atomic E-state index is 0.292. The summed E-state index contributed by atoms with van der Waals surface area (Å²) in [6.07, 6.45) is 2.11. The number of aromatic nitrogens is 1. The van der Waals surface area contributed by atoms with E-state index in [2.05, 4.69) is 45.7 Å². The van der Waals surface area contributed by atoms with Crippen LogP contribution >= 0.6 is 15.9 Å². The Morgan fingerprint density at radius 1 is 1.62 bits per heavy atom. The maximum absolute atomic E-state index is 8.63. The van der Waals surface area contributed by atoms with Crippen LogP contribution in [0.1, 0.15) is 20.3 Å². The molecule has 86 valence electrons. The molecule has 1 rings (SSSR count). The summed E-state index contributed by atoms with van der Waals surface area (Å²) in [5.74, 6) is 0.833. The van der Waals surface area contributed by atoms with Crippen LogP contribution in [0.25, 0.3) is 0 Å². The zero-order valence-electron chi connectivity index (χ0n) is 9.44. The molecular formula is C11H15BrN4. The zero-order chi connectivity index (χ0) is 12.1. The number of hydrogen-bond acceptors (Lipinski definition) is 4. The molecule has 0 aromatic carbocycles. The van der Waals surface area contributed by atoms with Crippen molar-refractivity contribution < 1.29 is 0 Å². The Kier molecular flexibility index (Phi) is 4.56. The van der Waals surface area contributed by atoms with E-state index in [4.69, 9.17) is 11.0 Å². The Morgan fingerprint density at radius 2 is 2.31 bits per heavy atom. The first kappa shape index (κ1) is 12.8. The minimum absolute atomic E-state index is 0.292. The van der Waals surface area contributed by atoms with Crippen molar-refractivity contribution in [2.75, 3.05) is 17.2 Å². The molecule has 0 atom stereocenters. The van der Waals surface area contributed by atoms with Crippen molar-refractivity contribution in [3.63, 3.8) is 0 Å². The monoisotopic (exact) mass is 282 g/mol. The first-order chi connectivity index (χ1) is 7.56. The standard InChI is InChI=1S/C11H15BrN4/c1-8(2)16(5-3-4-13)11-10(12)6-9(14)7-15-11/h6-8H,3,5,14H2,1-2H3. The quantitative estimate of drug-likeness (QED) is 0.922. The van der Waals surface area contributed by atoms with Crippen LogP contribution in [0, 0.1) is 11.3 Å². The molecule has 1 aromatic rings. The molecule has 2 N–H and O–H groups in total. The van der Waals surface area contributed by atoms with Crippen molar-refractivity contribution in [1.29, 1.82) is 5.26 Å². The first-order valence-corrected chi connectivity index (χ1v) is 5.90. The molecule has 0 spiro atoms. The predicted octanol–water partition coefficient (Wildman–Crippen LogP) is 2.55. The van der Waals surface area contributed by atoms with Crippen LogP contribution in [-0.2, 0) is 0 Å². The lowest BCUT2D eigenvalue weighted by Crippen LogP contribution is -2.32. The van der Waals surface area contributed by atoms with Crippen molar-refractivity contribution in [1.82, 2.24) is 4.98 Å². The highest BCUT2D eigenvalue weighted by molar-refractivity contribution is 9.10. The van der Waals surface area contributed by atoms with Gasteiger partial charge in [-0.15, -0.1) is 0 Å². The second-order valence-electron chi connectivity index (χ2n) is 3.77. The van der Waals surface area contributed by atoms with Gasteiger partial charge in [0.2, 0.25) is 0 Å². The molecule has 0 unspecified atom stereocenters. The lowest BCUT2D eigenvalue weighted by molar-refractivity contribution is 0.675. The Labute approximate surface area is 104 Å². The molecular weight excluding hydrogens is 268 g/mol. The predicted molar refractivity (Wildman–Crippen MR) is 69.1 cm³/mol. The molecule has 0 saturated carbocycles. The normalized spacial score (nSPS) is 10.2. The van der Waals surface area contributed by atoms with E-state index in [9.17, 15) is 0 Å². The molecule has 5 heteroatoms. The smallest absolute Gasteiger partial charge is 0.143 e. The number of anilines is 2. The summed E-state index contributed by atoms with van der Waals surface area (Å²) in [5.41, 5.74) is 6.27. The van der Waals surface area contributed by atoms with Crippen LogP contribution < -0.4 is 10.6 Å². The van der Waals surface area contributed by atoms with Crippen LogP contribution in [0.2, 0.25) is 0 Å². The van der Waals surface area contributed by atoms with E-state index in [-0.39, 0.29) is 0 Å². The highest BCUT2D eigenvalue weighted by atomic mass is 79.9. The van der Waals surface area contributed by atoms with Gasteiger partial charge in [0.15, 0.2) is 0 Å². The van der Waals surface area contributed by atoms with Gasteiger partial charge in [0.1, 0.15) is 5.82 Å². The molecule has 0 radical (unpaired) electrons. The largest absolute Gasteiger partial charge is 0.397 e. The fourth-order valence-corrected chi connectivity index (χ4v) is 2.03. The molecule has 0 amide bonds. The van der Waals surface area contributed by atoms with E-state index in [0.29, 0.717) is 24.7 Å². The van der Waals surface area contributed by atoms with Crippen LogP contribution in [0.3, 0.4) is 0 Å². The van der Waals surface area contributed by atoms with Gasteiger partial charge in [-0.05, 0) is 35.8 Å². The van der Waals surface area contributed by atoms with Gasteiger partial charge in [-0.25, -0.2) is 4.98 Å². The number of rotatable bonds is 4. The van der Waals surface area contributed by atoms with Gasteiger partial charge in [-0.2, -0.15) is 5.26 Å². The second-order valence-corrected chi connectivity index (χ2v) is 4.62. The van der Waals surface area contributed by atoms with E-state index in [1.54, 1.807) is 6.20 Å². The summed E-state index contributed by atoms with van der Waals surface area (Å²) in [6, 6.07) is 4.26. The van der Waals surface area contributed by atoms with Crippen molar-refractivity contribution in [2.45, 2.75) is 26.3 Å². The maximum Gasteiger partial charge on any atom is 0.143 e. The number of nitriles is 1. The number of nitrogens with two attached hydrogens (primary N) is 1. The van der Waals surface area contributed by atoms with Gasteiger partial charge in [0.25, 0.3) is 0 Å². The fourth-order valence-electron chi connectivity index (χ4n) is 1.44. The molecule has 0 aliphatic carbocycles. The molecule has 1 aromatic heterocycles. The van der Waals surface area contributed by atoms with E-state index in [0.717, 1.165) is 10.3 Å². The van der Waals surface area contributed by atoms with Gasteiger partial charge in [0, 0.05) is 12.6 Å². The third kappa shape index (κ3) is 3.11. The van der Waals surface area contributed by atoms with Gasteiger partial charge in [0.05, 0.1) is 28.8 Å². The third-order valence-electron chi connectivity index (χ3n) is 2.20. The van der Waals surface area contributed by atoms with Gasteiger partial charge in [-0.1, -0.05) is 0 Å². The van der Waals surface area contributed by atoms with E-state index < -0.39 is 0 Å². The SMILES string of the molecule is CC(C)N(CCC#N)c1ncc(N)cc1Br. The number of nitrogens with zero attached hydrogens (tertiary/aromatic N) is 3. The lowest BCUT2D eigenvalue weighted by atomic mass is 10.2. The average molecular weight is 283 g/mol. The summed E-state index contributed by atoms with van der Waals surface area (Å²) in [7, 11) is 0. The Bertz CT molecular complexity index is 397. The number of nitrogen functional groups attached to an aromatic ring is 1. The molecule has 4 nitrogen and oxygen atoms in total. The van der Waals surface area contributed by atoms with E-state index in [1.165, 1.54) is 0 Å². The second kappa shape index (κ2) is 5.71. The number of halogens is 1. The van der Waals surface area contributed by atoms with Crippen molar-refractivity contribution >= 4 is 27.4 Å². The highest BCUT2D eigenvalue weighted by Crippen LogP contribution is 2.26. The molecule has 0 saturated heterocycles. The number of pyridine rings is 1. The summed E-state index contributed by atoms with van der Waals surface area (Å²) >= 11 is 3.44. The Hall–Kier alpha value is -1.28.